The maximum Gasteiger partial charge on any atom is 0.306 e. The predicted octanol–water partition coefficient (Wildman–Crippen LogP) is 6.94. The number of aryl methyl sites for hydroxylation is 1. The number of furan rings is 1. The van der Waals surface area contributed by atoms with Gasteiger partial charge < -0.3 is 18.8 Å². The van der Waals surface area contributed by atoms with Crippen molar-refractivity contribution in [2.45, 2.75) is 65.6 Å². The van der Waals surface area contributed by atoms with Crippen LogP contribution in [-0.2, 0) is 16.0 Å². The molecule has 39 heavy (non-hydrogen) atoms. The molecule has 0 fully saturated rings. The Bertz CT molecular complexity index is 1370. The first-order valence-corrected chi connectivity index (χ1v) is 13.6. The average molecular weight is 530 g/mol. The van der Waals surface area contributed by atoms with Gasteiger partial charge in [-0.2, -0.15) is 0 Å². The van der Waals surface area contributed by atoms with Crippen molar-refractivity contribution in [1.29, 1.82) is 0 Å². The van der Waals surface area contributed by atoms with E-state index in [0.29, 0.717) is 24.6 Å². The molecule has 0 spiro atoms. The van der Waals surface area contributed by atoms with Crippen LogP contribution in [0.1, 0.15) is 53.0 Å². The monoisotopic (exact) mass is 529 g/mol. The highest BCUT2D eigenvalue weighted by Crippen LogP contribution is 2.43. The molecule has 2 heterocycles. The molecule has 0 saturated heterocycles. The Balaban J connectivity index is 1.55. The van der Waals surface area contributed by atoms with Gasteiger partial charge in [0.05, 0.1) is 0 Å². The smallest absolute Gasteiger partial charge is 0.306 e. The third-order valence-electron chi connectivity index (χ3n) is 6.36. The number of likely N-dealkylation sites (N-methyl/N-ethyl adjacent to an activating group) is 1. The standard InChI is InChI=1S/C32H39N3O4/c1-7-23-15-17-24(18-16-23)27-28-30(33-21-34-31(28)38-29(27)25-12-9-8-10-13-25)37-22(2)20-35(6)19-11-14-26(36)39-32(3,4)5/h8-10,12-13,15-18,21-22H,7,11,14,19-20H2,1-6H3/t22-/m0/s1. The largest absolute Gasteiger partial charge is 0.473 e. The number of rotatable bonds is 11. The second kappa shape index (κ2) is 12.4. The molecule has 0 aliphatic rings. The van der Waals surface area contributed by atoms with Crippen LogP contribution < -0.4 is 4.74 Å². The molecule has 0 unspecified atom stereocenters. The summed E-state index contributed by atoms with van der Waals surface area (Å²) in [7, 11) is 2.02. The van der Waals surface area contributed by atoms with Crippen LogP contribution in [0.3, 0.4) is 0 Å². The molecule has 0 aliphatic carbocycles. The first-order valence-electron chi connectivity index (χ1n) is 13.6. The fourth-order valence-corrected chi connectivity index (χ4v) is 4.62. The molecule has 0 radical (unpaired) electrons. The lowest BCUT2D eigenvalue weighted by atomic mass is 9.98. The van der Waals surface area contributed by atoms with E-state index in [1.165, 1.54) is 11.9 Å². The summed E-state index contributed by atoms with van der Waals surface area (Å²) in [6, 6.07) is 18.6. The molecular weight excluding hydrogens is 490 g/mol. The van der Waals surface area contributed by atoms with Gasteiger partial charge in [0.15, 0.2) is 0 Å². The Morgan fingerprint density at radius 3 is 2.41 bits per heavy atom. The van der Waals surface area contributed by atoms with Gasteiger partial charge in [0.2, 0.25) is 11.6 Å². The van der Waals surface area contributed by atoms with Crippen LogP contribution in [0, 0.1) is 0 Å². The summed E-state index contributed by atoms with van der Waals surface area (Å²) < 4.78 is 18.1. The van der Waals surface area contributed by atoms with Crippen LogP contribution in [0.2, 0.25) is 0 Å². The van der Waals surface area contributed by atoms with Gasteiger partial charge in [-0.1, -0.05) is 61.5 Å². The van der Waals surface area contributed by atoms with Crippen LogP contribution in [0.4, 0.5) is 0 Å². The number of carbonyl (C=O) groups excluding carboxylic acids is 1. The van der Waals surface area contributed by atoms with Gasteiger partial charge in [-0.25, -0.2) is 9.97 Å². The van der Waals surface area contributed by atoms with Gasteiger partial charge >= 0.3 is 5.97 Å². The van der Waals surface area contributed by atoms with Gasteiger partial charge in [0.1, 0.15) is 29.2 Å². The molecule has 1 atom stereocenters. The number of nitrogens with zero attached hydrogens (tertiary/aromatic N) is 3. The minimum atomic E-state index is -0.460. The van der Waals surface area contributed by atoms with Crippen molar-refractivity contribution in [1.82, 2.24) is 14.9 Å². The number of aromatic nitrogens is 2. The summed E-state index contributed by atoms with van der Waals surface area (Å²) in [4.78, 5) is 23.2. The van der Waals surface area contributed by atoms with E-state index < -0.39 is 5.60 Å². The van der Waals surface area contributed by atoms with Gasteiger partial charge in [-0.3, -0.25) is 4.79 Å². The summed E-state index contributed by atoms with van der Waals surface area (Å²) in [5, 5.41) is 0.764. The fraction of sp³-hybridized carbons (Fsp3) is 0.406. The zero-order valence-electron chi connectivity index (χ0n) is 23.9. The lowest BCUT2D eigenvalue weighted by molar-refractivity contribution is -0.154. The molecule has 206 valence electrons. The number of fused-ring (bicyclic) bond motifs is 1. The molecule has 4 aromatic rings. The van der Waals surface area contributed by atoms with Crippen LogP contribution in [0.25, 0.3) is 33.6 Å². The Kier molecular flexibility index (Phi) is 9.02. The van der Waals surface area contributed by atoms with E-state index in [2.05, 4.69) is 46.1 Å². The van der Waals surface area contributed by atoms with Gasteiger partial charge in [-0.15, -0.1) is 0 Å². The van der Waals surface area contributed by atoms with Crippen molar-refractivity contribution in [3.8, 4) is 28.3 Å². The summed E-state index contributed by atoms with van der Waals surface area (Å²) in [6.45, 7) is 11.2. The van der Waals surface area contributed by atoms with Crippen LogP contribution in [0.15, 0.2) is 65.3 Å². The fourth-order valence-electron chi connectivity index (χ4n) is 4.62. The van der Waals surface area contributed by atoms with Crippen molar-refractivity contribution in [2.75, 3.05) is 20.1 Å². The third-order valence-corrected chi connectivity index (χ3v) is 6.36. The van der Waals surface area contributed by atoms with Crippen LogP contribution in [-0.4, -0.2) is 52.7 Å². The van der Waals surface area contributed by atoms with E-state index in [0.717, 1.165) is 47.2 Å². The average Bonchev–Trinajstić information content (AvgIpc) is 3.29. The quantitative estimate of drug-likeness (QED) is 0.195. The molecule has 2 aromatic heterocycles. The maximum atomic E-state index is 12.0. The molecule has 7 nitrogen and oxygen atoms in total. The molecule has 0 amide bonds. The molecule has 7 heteroatoms. The number of benzene rings is 2. The SMILES string of the molecule is CCc1ccc(-c2c(-c3ccccc3)oc3ncnc(O[C@@H](C)CN(C)CCCC(=O)OC(C)(C)C)c23)cc1. The Morgan fingerprint density at radius 2 is 1.74 bits per heavy atom. The number of hydrogen-bond donors (Lipinski definition) is 0. The number of hydrogen-bond acceptors (Lipinski definition) is 7. The lowest BCUT2D eigenvalue weighted by Crippen LogP contribution is -2.32. The van der Waals surface area contributed by atoms with Gasteiger partial charge in [-0.05, 0) is 65.3 Å². The summed E-state index contributed by atoms with van der Waals surface area (Å²) >= 11 is 0. The van der Waals surface area contributed by atoms with Gasteiger partial charge in [0, 0.05) is 24.1 Å². The maximum absolute atomic E-state index is 12.0. The number of ether oxygens (including phenoxy) is 2. The predicted molar refractivity (Wildman–Crippen MR) is 155 cm³/mol. The Morgan fingerprint density at radius 1 is 1.03 bits per heavy atom. The van der Waals surface area contributed by atoms with Crippen LogP contribution in [0.5, 0.6) is 5.88 Å². The van der Waals surface area contributed by atoms with Crippen molar-refractivity contribution in [2.24, 2.45) is 0 Å². The van der Waals surface area contributed by atoms with E-state index in [1.54, 1.807) is 0 Å². The zero-order valence-corrected chi connectivity index (χ0v) is 23.9. The number of esters is 1. The molecule has 0 saturated carbocycles. The third kappa shape index (κ3) is 7.45. The highest BCUT2D eigenvalue weighted by Gasteiger charge is 2.24. The Hall–Kier alpha value is -3.71. The highest BCUT2D eigenvalue weighted by molar-refractivity contribution is 6.03. The molecule has 0 aliphatic heterocycles. The van der Waals surface area contributed by atoms with E-state index in [-0.39, 0.29) is 12.1 Å². The normalized spacial score (nSPS) is 12.6. The zero-order chi connectivity index (χ0) is 28.0. The Labute approximate surface area is 231 Å². The molecule has 0 N–H and O–H groups in total. The molecule has 2 aromatic carbocycles. The summed E-state index contributed by atoms with van der Waals surface area (Å²) in [6.07, 6.45) is 3.41. The first kappa shape index (κ1) is 28.3. The number of carbonyl (C=O) groups is 1. The molecule has 0 bridgehead atoms. The van der Waals surface area contributed by atoms with Crippen molar-refractivity contribution < 1.29 is 18.7 Å². The second-order valence-electron chi connectivity index (χ2n) is 11.0. The molecular formula is C32H39N3O4. The highest BCUT2D eigenvalue weighted by atomic mass is 16.6. The lowest BCUT2D eigenvalue weighted by Gasteiger charge is -2.23. The van der Waals surface area contributed by atoms with E-state index in [1.807, 2.05) is 65.1 Å². The minimum Gasteiger partial charge on any atom is -0.473 e. The summed E-state index contributed by atoms with van der Waals surface area (Å²) in [5.74, 6) is 1.07. The van der Waals surface area contributed by atoms with Crippen molar-refractivity contribution in [3.63, 3.8) is 0 Å². The second-order valence-corrected chi connectivity index (χ2v) is 11.0. The minimum absolute atomic E-state index is 0.153. The first-order chi connectivity index (χ1) is 18.6. The van der Waals surface area contributed by atoms with E-state index in [4.69, 9.17) is 13.9 Å². The summed E-state index contributed by atoms with van der Waals surface area (Å²) in [5.41, 5.74) is 4.21. The molecule has 4 rings (SSSR count). The van der Waals surface area contributed by atoms with Gasteiger partial charge in [0.25, 0.3) is 0 Å². The van der Waals surface area contributed by atoms with Crippen LogP contribution >= 0.6 is 0 Å². The van der Waals surface area contributed by atoms with E-state index >= 15 is 0 Å². The van der Waals surface area contributed by atoms with E-state index in [9.17, 15) is 4.79 Å². The van der Waals surface area contributed by atoms with Crippen molar-refractivity contribution in [3.05, 3.63) is 66.5 Å². The topological polar surface area (TPSA) is 77.7 Å². The van der Waals surface area contributed by atoms with Crippen molar-refractivity contribution >= 4 is 17.1 Å².